The molecule has 0 amide bonds. The molecule has 0 nitrogen and oxygen atoms in total. The molecule has 0 saturated carbocycles. The summed E-state index contributed by atoms with van der Waals surface area (Å²) in [6.07, 6.45) is 12.8. The van der Waals surface area contributed by atoms with Crippen molar-refractivity contribution in [1.82, 2.24) is 0 Å². The van der Waals surface area contributed by atoms with E-state index in [0.717, 1.165) is 6.42 Å². The van der Waals surface area contributed by atoms with E-state index in [1.54, 1.807) is 0 Å². The summed E-state index contributed by atoms with van der Waals surface area (Å²) < 4.78 is 0. The van der Waals surface area contributed by atoms with Crippen LogP contribution in [0.25, 0.3) is 33.4 Å². The van der Waals surface area contributed by atoms with Crippen LogP contribution in [-0.2, 0) is 32.6 Å². The smallest absolute Gasteiger partial charge is 1.00 e. The van der Waals surface area contributed by atoms with Crippen LogP contribution in [0.4, 0.5) is 0 Å². The first kappa shape index (κ1) is 41.0. The molecule has 0 N–H and O–H groups in total. The minimum atomic E-state index is 0. The van der Waals surface area contributed by atoms with Gasteiger partial charge in [-0.1, -0.05) is 140 Å². The van der Waals surface area contributed by atoms with Gasteiger partial charge in [-0.25, -0.2) is 6.08 Å². The van der Waals surface area contributed by atoms with Crippen LogP contribution in [0.1, 0.15) is 91.5 Å². The van der Waals surface area contributed by atoms with Gasteiger partial charge in [0.1, 0.15) is 0 Å². The van der Waals surface area contributed by atoms with Crippen molar-refractivity contribution < 1.29 is 51.0 Å². The first-order valence-electron chi connectivity index (χ1n) is 16.5. The molecule has 0 aromatic heterocycles. The van der Waals surface area contributed by atoms with Gasteiger partial charge in [0.05, 0.1) is 0 Å². The third-order valence-corrected chi connectivity index (χ3v) is 9.27. The number of unbranched alkanes of at least 4 members (excludes halogenated alkanes) is 1. The van der Waals surface area contributed by atoms with Gasteiger partial charge >= 0.3 is 26.2 Å². The Labute approximate surface area is 317 Å². The molecular weight excluding hydrogens is 691 g/mol. The van der Waals surface area contributed by atoms with E-state index < -0.39 is 0 Å². The number of aryl methyl sites for hydroxylation is 6. The monoisotopic (exact) mass is 738 g/mol. The van der Waals surface area contributed by atoms with Gasteiger partial charge in [-0.15, -0.1) is 29.3 Å². The number of fused-ring (bicyclic) bond motifs is 3. The molecule has 1 unspecified atom stereocenters. The summed E-state index contributed by atoms with van der Waals surface area (Å²) >= 11 is 0. The summed E-state index contributed by atoms with van der Waals surface area (Å²) in [5, 5.41) is 0. The number of benzene rings is 4. The zero-order chi connectivity index (χ0) is 31.8. The molecule has 3 heteroatoms. The number of rotatable bonds is 5. The number of hydrogen-bond donors (Lipinski definition) is 0. The first-order valence-corrected chi connectivity index (χ1v) is 16.5. The second-order valence-corrected chi connectivity index (χ2v) is 14.3. The molecule has 1 atom stereocenters. The molecule has 0 radical (unpaired) electrons. The Morgan fingerprint density at radius 2 is 1.28 bits per heavy atom. The molecule has 0 bridgehead atoms. The third-order valence-electron chi connectivity index (χ3n) is 9.27. The van der Waals surface area contributed by atoms with Gasteiger partial charge in [-0.05, 0) is 75.8 Å². The van der Waals surface area contributed by atoms with Crippen molar-refractivity contribution in [2.45, 2.75) is 94.9 Å². The van der Waals surface area contributed by atoms with Crippen molar-refractivity contribution in [3.63, 3.8) is 0 Å². The fraction of sp³-hybridized carbons (Fsp3) is 0.364. The van der Waals surface area contributed by atoms with E-state index >= 15 is 0 Å². The van der Waals surface area contributed by atoms with E-state index in [9.17, 15) is 0 Å². The van der Waals surface area contributed by atoms with Gasteiger partial charge in [-0.2, -0.15) is 11.6 Å². The van der Waals surface area contributed by atoms with Crippen molar-refractivity contribution >= 4 is 0 Å². The Kier molecular flexibility index (Phi) is 14.8. The average Bonchev–Trinajstić information content (AvgIpc) is 3.55. The van der Waals surface area contributed by atoms with Gasteiger partial charge in [0.25, 0.3) is 0 Å². The Morgan fingerprint density at radius 3 is 1.81 bits per heavy atom. The zero-order valence-corrected chi connectivity index (χ0v) is 34.0. The number of allylic oxidation sites excluding steroid dienone is 4. The number of halogens is 2. The fourth-order valence-corrected chi connectivity index (χ4v) is 7.23. The molecule has 0 spiro atoms. The predicted molar refractivity (Wildman–Crippen MR) is 191 cm³/mol. The second-order valence-electron chi connectivity index (χ2n) is 14.3. The van der Waals surface area contributed by atoms with Crippen LogP contribution in [0.2, 0.25) is 0 Å². The van der Waals surface area contributed by atoms with Crippen LogP contribution in [0.15, 0.2) is 72.3 Å². The van der Waals surface area contributed by atoms with Gasteiger partial charge in [-0.3, -0.25) is 6.08 Å². The summed E-state index contributed by atoms with van der Waals surface area (Å²) in [6, 6.07) is 24.5. The Morgan fingerprint density at radius 1 is 0.723 bits per heavy atom. The Hall–Kier alpha value is -2.18. The van der Waals surface area contributed by atoms with Gasteiger partial charge < -0.3 is 24.8 Å². The molecule has 244 valence electrons. The van der Waals surface area contributed by atoms with Gasteiger partial charge in [0, 0.05) is 0 Å². The molecule has 2 aliphatic rings. The van der Waals surface area contributed by atoms with E-state index in [2.05, 4.69) is 148 Å². The average molecular weight is 741 g/mol. The zero-order valence-electron chi connectivity index (χ0n) is 30.0. The maximum atomic E-state index is 3.78. The molecule has 6 rings (SSSR count). The van der Waals surface area contributed by atoms with Crippen molar-refractivity contribution in [2.24, 2.45) is 11.3 Å². The molecule has 0 fully saturated rings. The molecular formula is C44H50Cl2Zr. The molecule has 47 heavy (non-hydrogen) atoms. The topological polar surface area (TPSA) is 0 Å². The molecule has 0 aliphatic heterocycles. The Bertz CT molecular complexity index is 1620. The summed E-state index contributed by atoms with van der Waals surface area (Å²) in [5.41, 5.74) is 20.5. The van der Waals surface area contributed by atoms with E-state index in [4.69, 9.17) is 0 Å². The van der Waals surface area contributed by atoms with Crippen LogP contribution in [0.5, 0.6) is 0 Å². The van der Waals surface area contributed by atoms with E-state index in [1.165, 1.54) is 103 Å². The maximum Gasteiger partial charge on any atom is 4.00 e. The summed E-state index contributed by atoms with van der Waals surface area (Å²) in [6.45, 7) is 22.3. The summed E-state index contributed by atoms with van der Waals surface area (Å²) in [7, 11) is 0. The van der Waals surface area contributed by atoms with E-state index in [0.29, 0.717) is 11.3 Å². The fourth-order valence-electron chi connectivity index (χ4n) is 7.23. The van der Waals surface area contributed by atoms with Crippen LogP contribution in [0.3, 0.4) is 0 Å². The third kappa shape index (κ3) is 9.29. The van der Waals surface area contributed by atoms with Crippen molar-refractivity contribution in [1.29, 1.82) is 0 Å². The van der Waals surface area contributed by atoms with E-state index in [1.807, 2.05) is 0 Å². The maximum absolute atomic E-state index is 3.78. The number of hydrogen-bond acceptors (Lipinski definition) is 0. The van der Waals surface area contributed by atoms with Gasteiger partial charge in [0.15, 0.2) is 0 Å². The van der Waals surface area contributed by atoms with E-state index in [-0.39, 0.29) is 51.0 Å². The minimum absolute atomic E-state index is 0. The van der Waals surface area contributed by atoms with Crippen LogP contribution < -0.4 is 24.8 Å². The first-order chi connectivity index (χ1) is 20.8. The van der Waals surface area contributed by atoms with Gasteiger partial charge in [0.2, 0.25) is 0 Å². The van der Waals surface area contributed by atoms with Crippen LogP contribution >= 0.6 is 0 Å². The summed E-state index contributed by atoms with van der Waals surface area (Å²) in [4.78, 5) is 0. The standard InChI is InChI=1S/C31H29.C13H21.2ClH.Zr/c1-18-11-20(3)30(21(4)12-18)24-7-9-28-26(15-24)17-27-16-25(8-10-29(27)28)31-22(5)13-19(2)14-23(31)6;1-5-6-7-11-8-9-12(10-11)13(2,3)4;;;/h7-15H,17H2,1-6H3;9-11H,5-7H2,1-4H3;2*1H;/q2*-1;;;+4/p-2. The molecule has 0 heterocycles. The summed E-state index contributed by atoms with van der Waals surface area (Å²) in [5.74, 6) is 0.592. The normalized spacial score (nSPS) is 14.1. The minimum Gasteiger partial charge on any atom is -1.00 e. The quantitative estimate of drug-likeness (QED) is 0.184. The Balaban J connectivity index is 0.000000411. The van der Waals surface area contributed by atoms with Crippen LogP contribution in [-0.4, -0.2) is 0 Å². The molecule has 2 aliphatic carbocycles. The molecule has 0 saturated heterocycles. The SMILES string of the molecule is CCCCC1[C-]=CC(C(C)(C)C)=C1.Cc1cc(C)c(-c2[c-]c3c(cc2)-c2ccc(-c4c(C)cc(C)cc4C)cc2C3)c(C)c1.[Cl-].[Cl-].[Zr+4]. The molecule has 4 aromatic carbocycles. The second kappa shape index (κ2) is 17.0. The van der Waals surface area contributed by atoms with Crippen molar-refractivity contribution in [3.05, 3.63) is 129 Å². The largest absolute Gasteiger partial charge is 4.00 e. The predicted octanol–water partition coefficient (Wildman–Crippen LogP) is 6.39. The molecule has 4 aromatic rings. The van der Waals surface area contributed by atoms with Crippen molar-refractivity contribution in [3.8, 4) is 33.4 Å². The van der Waals surface area contributed by atoms with Crippen molar-refractivity contribution in [2.75, 3.05) is 0 Å². The van der Waals surface area contributed by atoms with Crippen LogP contribution in [0, 0.1) is 65.0 Å².